The maximum absolute atomic E-state index is 11.7. The minimum absolute atomic E-state index is 0.0505. The van der Waals surface area contributed by atoms with Gasteiger partial charge in [-0.15, -0.1) is 0 Å². The number of nitrogen functional groups attached to an aromatic ring is 1. The first-order valence-electron chi connectivity index (χ1n) is 6.80. The first-order chi connectivity index (χ1) is 9.08. The van der Waals surface area contributed by atoms with Crippen LogP contribution in [-0.4, -0.2) is 25.2 Å². The highest BCUT2D eigenvalue weighted by Crippen LogP contribution is 2.05. The van der Waals surface area contributed by atoms with Crippen LogP contribution in [0.3, 0.4) is 0 Å². The average molecular weight is 264 g/mol. The summed E-state index contributed by atoms with van der Waals surface area (Å²) in [5, 5.41) is 2.91. The van der Waals surface area contributed by atoms with Crippen molar-refractivity contribution in [2.24, 2.45) is 0 Å². The molecule has 1 aromatic rings. The number of nitrogens with two attached hydrogens (primary N) is 1. The molecule has 3 N–H and O–H groups in total. The lowest BCUT2D eigenvalue weighted by Gasteiger charge is -2.08. The second-order valence-corrected chi connectivity index (χ2v) is 4.89. The summed E-state index contributed by atoms with van der Waals surface area (Å²) in [6.07, 6.45) is 2.60. The van der Waals surface area contributed by atoms with Crippen LogP contribution in [0.5, 0.6) is 0 Å². The number of amides is 1. The molecule has 0 heterocycles. The van der Waals surface area contributed by atoms with E-state index in [4.69, 9.17) is 10.5 Å². The van der Waals surface area contributed by atoms with Crippen molar-refractivity contribution in [3.05, 3.63) is 29.8 Å². The number of carbonyl (C=O) groups is 1. The van der Waals surface area contributed by atoms with Crippen molar-refractivity contribution >= 4 is 11.6 Å². The first kappa shape index (κ1) is 15.5. The minimum Gasteiger partial charge on any atom is -0.399 e. The molecule has 4 nitrogen and oxygen atoms in total. The molecule has 0 fully saturated rings. The number of unbranched alkanes of at least 4 members (excludes halogenated alkanes) is 1. The highest BCUT2D eigenvalue weighted by molar-refractivity contribution is 5.78. The van der Waals surface area contributed by atoms with E-state index in [1.54, 1.807) is 0 Å². The van der Waals surface area contributed by atoms with Crippen molar-refractivity contribution in [3.8, 4) is 0 Å². The zero-order valence-electron chi connectivity index (χ0n) is 11.8. The predicted octanol–water partition coefficient (Wildman–Crippen LogP) is 2.13. The molecule has 0 atom stereocenters. The Hall–Kier alpha value is -1.55. The summed E-state index contributed by atoms with van der Waals surface area (Å²) in [5.74, 6) is 0.0505. The van der Waals surface area contributed by atoms with Crippen molar-refractivity contribution in [2.45, 2.75) is 39.2 Å². The fourth-order valence-electron chi connectivity index (χ4n) is 1.66. The zero-order chi connectivity index (χ0) is 14.1. The number of benzene rings is 1. The fraction of sp³-hybridized carbons (Fsp3) is 0.533. The molecule has 0 saturated carbocycles. The van der Waals surface area contributed by atoms with E-state index in [0.29, 0.717) is 18.7 Å². The fourth-order valence-corrected chi connectivity index (χ4v) is 1.66. The SMILES string of the molecule is CC(C)OCCCCNC(=O)Cc1ccc(N)cc1. The van der Waals surface area contributed by atoms with Crippen molar-refractivity contribution in [1.82, 2.24) is 5.32 Å². The number of nitrogens with one attached hydrogen (secondary N) is 1. The lowest BCUT2D eigenvalue weighted by Crippen LogP contribution is -2.26. The van der Waals surface area contributed by atoms with Crippen LogP contribution in [-0.2, 0) is 16.0 Å². The maximum atomic E-state index is 11.7. The van der Waals surface area contributed by atoms with Crippen LogP contribution in [0.25, 0.3) is 0 Å². The molecule has 106 valence electrons. The molecule has 0 aliphatic heterocycles. The third kappa shape index (κ3) is 7.47. The van der Waals surface area contributed by atoms with Gasteiger partial charge in [-0.3, -0.25) is 4.79 Å². The van der Waals surface area contributed by atoms with Gasteiger partial charge in [-0.1, -0.05) is 12.1 Å². The second-order valence-electron chi connectivity index (χ2n) is 4.89. The molecular formula is C15H24N2O2. The van der Waals surface area contributed by atoms with Crippen molar-refractivity contribution in [3.63, 3.8) is 0 Å². The van der Waals surface area contributed by atoms with E-state index in [0.717, 1.165) is 25.0 Å². The molecule has 4 heteroatoms. The predicted molar refractivity (Wildman–Crippen MR) is 77.9 cm³/mol. The summed E-state index contributed by atoms with van der Waals surface area (Å²) in [7, 11) is 0. The molecule has 0 bridgehead atoms. The summed E-state index contributed by atoms with van der Waals surface area (Å²) in [4.78, 5) is 11.7. The molecular weight excluding hydrogens is 240 g/mol. The van der Waals surface area contributed by atoms with Gasteiger partial charge in [0.2, 0.25) is 5.91 Å². The number of carbonyl (C=O) groups excluding carboxylic acids is 1. The van der Waals surface area contributed by atoms with E-state index in [9.17, 15) is 4.79 Å². The Kier molecular flexibility index (Phi) is 6.97. The van der Waals surface area contributed by atoms with E-state index in [1.807, 2.05) is 38.1 Å². The van der Waals surface area contributed by atoms with Crippen molar-refractivity contribution < 1.29 is 9.53 Å². The smallest absolute Gasteiger partial charge is 0.224 e. The second kappa shape index (κ2) is 8.53. The number of rotatable bonds is 8. The average Bonchev–Trinajstić information content (AvgIpc) is 2.36. The van der Waals surface area contributed by atoms with Gasteiger partial charge < -0.3 is 15.8 Å². The Labute approximate surface area is 115 Å². The van der Waals surface area contributed by atoms with E-state index in [1.165, 1.54) is 0 Å². The van der Waals surface area contributed by atoms with Gasteiger partial charge in [-0.2, -0.15) is 0 Å². The number of anilines is 1. The maximum Gasteiger partial charge on any atom is 0.224 e. The largest absolute Gasteiger partial charge is 0.399 e. The summed E-state index contributed by atoms with van der Waals surface area (Å²) in [6, 6.07) is 7.38. The van der Waals surface area contributed by atoms with Gasteiger partial charge in [0, 0.05) is 18.8 Å². The molecule has 0 saturated heterocycles. The monoisotopic (exact) mass is 264 g/mol. The minimum atomic E-state index is 0.0505. The van der Waals surface area contributed by atoms with Gasteiger partial charge >= 0.3 is 0 Å². The standard InChI is InChI=1S/C15H24N2O2/c1-12(2)19-10-4-3-9-17-15(18)11-13-5-7-14(16)8-6-13/h5-8,12H,3-4,9-11,16H2,1-2H3,(H,17,18). The summed E-state index contributed by atoms with van der Waals surface area (Å²) >= 11 is 0. The molecule has 0 unspecified atom stereocenters. The Morgan fingerprint density at radius 2 is 1.95 bits per heavy atom. The zero-order valence-corrected chi connectivity index (χ0v) is 11.8. The highest BCUT2D eigenvalue weighted by Gasteiger charge is 2.02. The van der Waals surface area contributed by atoms with Gasteiger partial charge in [-0.05, 0) is 44.4 Å². The summed E-state index contributed by atoms with van der Waals surface area (Å²) < 4.78 is 5.43. The Morgan fingerprint density at radius 3 is 2.58 bits per heavy atom. The Bertz CT molecular complexity index is 374. The molecule has 0 aliphatic rings. The van der Waals surface area contributed by atoms with E-state index < -0.39 is 0 Å². The molecule has 0 aliphatic carbocycles. The first-order valence-corrected chi connectivity index (χ1v) is 6.80. The van der Waals surface area contributed by atoms with Crippen LogP contribution in [0.4, 0.5) is 5.69 Å². The number of hydrogen-bond donors (Lipinski definition) is 2. The molecule has 1 rings (SSSR count). The summed E-state index contributed by atoms with van der Waals surface area (Å²) in [6.45, 7) is 5.50. The molecule has 19 heavy (non-hydrogen) atoms. The van der Waals surface area contributed by atoms with E-state index in [2.05, 4.69) is 5.32 Å². The third-order valence-corrected chi connectivity index (χ3v) is 2.69. The van der Waals surface area contributed by atoms with Gasteiger partial charge in [0.1, 0.15) is 0 Å². The number of hydrogen-bond acceptors (Lipinski definition) is 3. The van der Waals surface area contributed by atoms with E-state index >= 15 is 0 Å². The van der Waals surface area contributed by atoms with Crippen LogP contribution in [0.1, 0.15) is 32.3 Å². The van der Waals surface area contributed by atoms with Crippen LogP contribution in [0.15, 0.2) is 24.3 Å². The number of ether oxygens (including phenoxy) is 1. The van der Waals surface area contributed by atoms with Crippen molar-refractivity contribution in [1.29, 1.82) is 0 Å². The van der Waals surface area contributed by atoms with E-state index in [-0.39, 0.29) is 12.0 Å². The van der Waals surface area contributed by atoms with Gasteiger partial charge in [0.05, 0.1) is 12.5 Å². The quantitative estimate of drug-likeness (QED) is 0.558. The molecule has 1 aromatic carbocycles. The van der Waals surface area contributed by atoms with Gasteiger partial charge in [-0.25, -0.2) is 0 Å². The molecule has 0 aromatic heterocycles. The molecule has 0 radical (unpaired) electrons. The van der Waals surface area contributed by atoms with Gasteiger partial charge in [0.15, 0.2) is 0 Å². The third-order valence-electron chi connectivity index (χ3n) is 2.69. The van der Waals surface area contributed by atoms with Gasteiger partial charge in [0.25, 0.3) is 0 Å². The normalized spacial score (nSPS) is 10.7. The van der Waals surface area contributed by atoms with Crippen LogP contribution in [0, 0.1) is 0 Å². The van der Waals surface area contributed by atoms with Crippen molar-refractivity contribution in [2.75, 3.05) is 18.9 Å². The lowest BCUT2D eigenvalue weighted by atomic mass is 10.1. The molecule has 0 spiro atoms. The summed E-state index contributed by atoms with van der Waals surface area (Å²) in [5.41, 5.74) is 7.29. The lowest BCUT2D eigenvalue weighted by molar-refractivity contribution is -0.120. The van der Waals surface area contributed by atoms with Crippen LogP contribution < -0.4 is 11.1 Å². The van der Waals surface area contributed by atoms with Crippen LogP contribution in [0.2, 0.25) is 0 Å². The Balaban J connectivity index is 2.09. The van der Waals surface area contributed by atoms with Crippen LogP contribution >= 0.6 is 0 Å². The highest BCUT2D eigenvalue weighted by atomic mass is 16.5. The topological polar surface area (TPSA) is 64.3 Å². The molecule has 1 amide bonds. The Morgan fingerprint density at radius 1 is 1.26 bits per heavy atom.